The first-order valence-electron chi connectivity index (χ1n) is 8.10. The summed E-state index contributed by atoms with van der Waals surface area (Å²) >= 11 is 0. The van der Waals surface area contributed by atoms with E-state index < -0.39 is 0 Å². The summed E-state index contributed by atoms with van der Waals surface area (Å²) in [5.74, 6) is 5.40. The monoisotopic (exact) mass is 314 g/mol. The second-order valence-electron chi connectivity index (χ2n) is 6.06. The van der Waals surface area contributed by atoms with Crippen LogP contribution in [0.5, 0.6) is 0 Å². The molecule has 0 rings (SSSR count). The molecule has 0 radical (unpaired) electrons. The van der Waals surface area contributed by atoms with E-state index in [4.69, 9.17) is 0 Å². The summed E-state index contributed by atoms with van der Waals surface area (Å²) in [5, 5.41) is 0. The lowest BCUT2D eigenvalue weighted by atomic mass is 9.97. The maximum Gasteiger partial charge on any atom is 0.0102 e. The minimum absolute atomic E-state index is 0.719. The van der Waals surface area contributed by atoms with Crippen molar-refractivity contribution in [2.75, 3.05) is 11.5 Å². The lowest BCUT2D eigenvalue weighted by molar-refractivity contribution is 0.510. The number of rotatable bonds is 11. The first-order chi connectivity index (χ1) is 9.52. The minimum Gasteiger partial charge on any atom is -0.0935 e. The normalized spacial score (nSPS) is 15.8. The van der Waals surface area contributed by atoms with Crippen LogP contribution in [0.15, 0.2) is 24.3 Å². The second-order valence-corrected chi connectivity index (χ2v) is 8.61. The van der Waals surface area contributed by atoms with Crippen molar-refractivity contribution in [3.63, 3.8) is 0 Å². The third-order valence-corrected chi connectivity index (χ3v) is 6.08. The third kappa shape index (κ3) is 9.99. The maximum absolute atomic E-state index is 2.41. The van der Waals surface area contributed by atoms with Crippen molar-refractivity contribution in [2.45, 2.75) is 54.4 Å². The zero-order valence-corrected chi connectivity index (χ0v) is 15.9. The first-order valence-corrected chi connectivity index (χ1v) is 10.6. The van der Waals surface area contributed by atoms with Crippen LogP contribution in [0.4, 0.5) is 0 Å². The molecule has 0 aromatic rings. The summed E-state index contributed by atoms with van der Waals surface area (Å²) in [4.78, 5) is 0. The van der Waals surface area contributed by atoms with Crippen LogP contribution in [-0.2, 0) is 0 Å². The van der Waals surface area contributed by atoms with Crippen molar-refractivity contribution in [1.82, 2.24) is 0 Å². The predicted octanol–water partition coefficient (Wildman–Crippen LogP) is 6.84. The molecule has 0 aliphatic carbocycles. The zero-order chi connectivity index (χ0) is 15.4. The van der Waals surface area contributed by atoms with Crippen LogP contribution in [0, 0.1) is 23.7 Å². The molecule has 0 heterocycles. The molecule has 0 saturated carbocycles. The van der Waals surface area contributed by atoms with Crippen molar-refractivity contribution >= 4 is 21.6 Å². The number of allylic oxidation sites excluding steroid dienone is 4. The highest BCUT2D eigenvalue weighted by molar-refractivity contribution is 8.76. The molecule has 20 heavy (non-hydrogen) atoms. The molecule has 2 atom stereocenters. The second kappa shape index (κ2) is 12.9. The molecular weight excluding hydrogens is 280 g/mol. The Morgan fingerprint density at radius 1 is 0.700 bits per heavy atom. The first kappa shape index (κ1) is 20.2. The van der Waals surface area contributed by atoms with Crippen molar-refractivity contribution in [1.29, 1.82) is 0 Å². The SMILES string of the molecule is CCC=CC(CSSCC(C=CCC)C(C)C)C(C)C. The van der Waals surface area contributed by atoms with Gasteiger partial charge in [-0.2, -0.15) is 0 Å². The van der Waals surface area contributed by atoms with Gasteiger partial charge in [0.2, 0.25) is 0 Å². The van der Waals surface area contributed by atoms with Gasteiger partial charge in [0.05, 0.1) is 0 Å². The van der Waals surface area contributed by atoms with Crippen molar-refractivity contribution in [2.24, 2.45) is 23.7 Å². The molecule has 0 spiro atoms. The van der Waals surface area contributed by atoms with Gasteiger partial charge in [0.1, 0.15) is 0 Å². The Bertz CT molecular complexity index is 239. The van der Waals surface area contributed by atoms with Crippen molar-refractivity contribution in [3.05, 3.63) is 24.3 Å². The van der Waals surface area contributed by atoms with Gasteiger partial charge < -0.3 is 0 Å². The number of hydrogen-bond donors (Lipinski definition) is 0. The van der Waals surface area contributed by atoms with E-state index in [-0.39, 0.29) is 0 Å². The van der Waals surface area contributed by atoms with Gasteiger partial charge in [-0.3, -0.25) is 0 Å². The molecule has 0 nitrogen and oxygen atoms in total. The fraction of sp³-hybridized carbons (Fsp3) is 0.778. The fourth-order valence-electron chi connectivity index (χ4n) is 1.82. The van der Waals surface area contributed by atoms with Gasteiger partial charge >= 0.3 is 0 Å². The van der Waals surface area contributed by atoms with Crippen molar-refractivity contribution in [3.8, 4) is 0 Å². The van der Waals surface area contributed by atoms with E-state index in [1.807, 2.05) is 0 Å². The van der Waals surface area contributed by atoms with E-state index in [2.05, 4.69) is 87.4 Å². The van der Waals surface area contributed by atoms with E-state index in [1.165, 1.54) is 11.5 Å². The molecule has 0 amide bonds. The highest BCUT2D eigenvalue weighted by Crippen LogP contribution is 2.31. The number of hydrogen-bond acceptors (Lipinski definition) is 2. The molecule has 2 unspecified atom stereocenters. The van der Waals surface area contributed by atoms with Crippen LogP contribution in [0.1, 0.15) is 54.4 Å². The maximum atomic E-state index is 2.41. The molecule has 118 valence electrons. The third-order valence-electron chi connectivity index (χ3n) is 3.55. The van der Waals surface area contributed by atoms with Crippen molar-refractivity contribution < 1.29 is 0 Å². The van der Waals surface area contributed by atoms with Gasteiger partial charge in [-0.1, -0.05) is 87.4 Å². The van der Waals surface area contributed by atoms with Crippen LogP contribution in [0.3, 0.4) is 0 Å². The van der Waals surface area contributed by atoms with Crippen LogP contribution < -0.4 is 0 Å². The van der Waals surface area contributed by atoms with E-state index in [0.29, 0.717) is 0 Å². The predicted molar refractivity (Wildman–Crippen MR) is 100 cm³/mol. The van der Waals surface area contributed by atoms with Gasteiger partial charge in [-0.25, -0.2) is 0 Å². The van der Waals surface area contributed by atoms with Gasteiger partial charge in [-0.15, -0.1) is 0 Å². The zero-order valence-electron chi connectivity index (χ0n) is 14.3. The highest BCUT2D eigenvalue weighted by Gasteiger charge is 2.13. The van der Waals surface area contributed by atoms with Crippen LogP contribution in [-0.4, -0.2) is 11.5 Å². The molecule has 0 N–H and O–H groups in total. The van der Waals surface area contributed by atoms with Gasteiger partial charge in [0.25, 0.3) is 0 Å². The molecule has 0 aliphatic rings. The van der Waals surface area contributed by atoms with Crippen LogP contribution in [0.25, 0.3) is 0 Å². The minimum atomic E-state index is 0.719. The molecule has 0 aliphatic heterocycles. The summed E-state index contributed by atoms with van der Waals surface area (Å²) in [7, 11) is 4.10. The Morgan fingerprint density at radius 3 is 1.30 bits per heavy atom. The smallest absolute Gasteiger partial charge is 0.0102 e. The molecular formula is C18H34S2. The van der Waals surface area contributed by atoms with E-state index >= 15 is 0 Å². The molecule has 0 bridgehead atoms. The standard InChI is InChI=1S/C18H34S2/c1-7-9-11-17(15(3)4)13-19-20-14-18(16(5)6)12-10-8-2/h9-12,15-18H,7-8,13-14H2,1-6H3. The summed E-state index contributed by atoms with van der Waals surface area (Å²) in [6, 6.07) is 0. The molecule has 0 fully saturated rings. The van der Waals surface area contributed by atoms with Gasteiger partial charge in [0, 0.05) is 11.5 Å². The largest absolute Gasteiger partial charge is 0.0935 e. The topological polar surface area (TPSA) is 0 Å². The van der Waals surface area contributed by atoms with Gasteiger partial charge in [0.15, 0.2) is 0 Å². The quantitative estimate of drug-likeness (QED) is 0.232. The summed E-state index contributed by atoms with van der Waals surface area (Å²) in [5.41, 5.74) is 0. The Balaban J connectivity index is 4.07. The summed E-state index contributed by atoms with van der Waals surface area (Å²) < 4.78 is 0. The van der Waals surface area contributed by atoms with Crippen LogP contribution >= 0.6 is 21.6 Å². The molecule has 0 saturated heterocycles. The summed E-state index contributed by atoms with van der Waals surface area (Å²) in [6.07, 6.45) is 11.8. The molecule has 0 aromatic carbocycles. The molecule has 2 heteroatoms. The lowest BCUT2D eigenvalue weighted by Gasteiger charge is -2.19. The Morgan fingerprint density at radius 2 is 1.05 bits per heavy atom. The highest BCUT2D eigenvalue weighted by atomic mass is 33.1. The van der Waals surface area contributed by atoms with E-state index in [9.17, 15) is 0 Å². The summed E-state index contributed by atoms with van der Waals surface area (Å²) in [6.45, 7) is 13.7. The average Bonchev–Trinajstić information content (AvgIpc) is 2.40. The van der Waals surface area contributed by atoms with E-state index in [0.717, 1.165) is 36.5 Å². The van der Waals surface area contributed by atoms with Crippen LogP contribution in [0.2, 0.25) is 0 Å². The Hall–Kier alpha value is 0.180. The van der Waals surface area contributed by atoms with Gasteiger partial charge in [-0.05, 0) is 36.5 Å². The van der Waals surface area contributed by atoms with E-state index in [1.54, 1.807) is 0 Å². The Kier molecular flexibility index (Phi) is 13.0. The average molecular weight is 315 g/mol. The molecule has 0 aromatic heterocycles. The fourth-order valence-corrected chi connectivity index (χ4v) is 4.83. The lowest BCUT2D eigenvalue weighted by Crippen LogP contribution is -2.10. The Labute approximate surface area is 135 Å².